The third-order valence-electron chi connectivity index (χ3n) is 4.79. The van der Waals surface area contributed by atoms with E-state index in [0.29, 0.717) is 4.88 Å². The van der Waals surface area contributed by atoms with Crippen LogP contribution in [-0.4, -0.2) is 35.6 Å². The molecule has 0 fully saturated rings. The van der Waals surface area contributed by atoms with E-state index in [1.165, 1.54) is 16.9 Å². The summed E-state index contributed by atoms with van der Waals surface area (Å²) in [5, 5.41) is 7.36. The van der Waals surface area contributed by atoms with E-state index in [4.69, 9.17) is 4.74 Å². The van der Waals surface area contributed by atoms with Crippen molar-refractivity contribution in [2.24, 2.45) is 0 Å². The molecule has 3 rings (SSSR count). The summed E-state index contributed by atoms with van der Waals surface area (Å²) in [6.07, 6.45) is 3.30. The van der Waals surface area contributed by atoms with Crippen LogP contribution < -0.4 is 15.4 Å². The highest BCUT2D eigenvalue weighted by molar-refractivity contribution is 7.20. The summed E-state index contributed by atoms with van der Waals surface area (Å²) in [5.74, 6) is 1.58. The Balaban J connectivity index is 1.75. The number of hydrogen-bond acceptors (Lipinski definition) is 6. The zero-order chi connectivity index (χ0) is 20.1. The van der Waals surface area contributed by atoms with E-state index >= 15 is 0 Å². The molecule has 2 heterocycles. The van der Waals surface area contributed by atoms with Crippen LogP contribution in [0.15, 0.2) is 30.6 Å². The van der Waals surface area contributed by atoms with Gasteiger partial charge in [-0.1, -0.05) is 19.1 Å². The predicted octanol–water partition coefficient (Wildman–Crippen LogP) is 4.19. The number of aryl methyl sites for hydroxylation is 1. The van der Waals surface area contributed by atoms with Gasteiger partial charge in [-0.15, -0.1) is 11.3 Å². The molecule has 0 bridgehead atoms. The van der Waals surface area contributed by atoms with Crippen LogP contribution in [0.2, 0.25) is 0 Å². The maximum Gasteiger partial charge on any atom is 0.261 e. The highest BCUT2D eigenvalue weighted by Crippen LogP contribution is 2.33. The number of nitrogens with one attached hydrogen (secondary N) is 2. The van der Waals surface area contributed by atoms with Crippen molar-refractivity contribution in [2.75, 3.05) is 19.0 Å². The van der Waals surface area contributed by atoms with Gasteiger partial charge in [0.25, 0.3) is 5.91 Å². The molecule has 0 aliphatic heterocycles. The standard InChI is InChI=1S/C21H26N4O2S/c1-5-13(2)25-20(26)18-14(3)17-19(23-12-24-21(17)28-18)22-11-10-15-6-8-16(27-4)9-7-15/h6-9,12-13H,5,10-11H2,1-4H3,(H,25,26)(H,22,23,24)/t13-/m0/s1. The lowest BCUT2D eigenvalue weighted by atomic mass is 10.1. The molecular formula is C21H26N4O2S. The maximum atomic E-state index is 12.6. The van der Waals surface area contributed by atoms with Crippen LogP contribution in [0.3, 0.4) is 0 Å². The van der Waals surface area contributed by atoms with Crippen LogP contribution in [-0.2, 0) is 6.42 Å². The topological polar surface area (TPSA) is 76.1 Å². The van der Waals surface area contributed by atoms with E-state index in [0.717, 1.165) is 46.7 Å². The van der Waals surface area contributed by atoms with Crippen molar-refractivity contribution in [3.8, 4) is 5.75 Å². The summed E-state index contributed by atoms with van der Waals surface area (Å²) in [4.78, 5) is 22.9. The molecule has 0 saturated carbocycles. The van der Waals surface area contributed by atoms with E-state index in [1.807, 2.05) is 26.0 Å². The minimum atomic E-state index is -0.0426. The first-order valence-corrected chi connectivity index (χ1v) is 10.3. The molecule has 1 aromatic carbocycles. The Labute approximate surface area is 169 Å². The van der Waals surface area contributed by atoms with Gasteiger partial charge in [0.05, 0.1) is 17.4 Å². The molecule has 0 saturated heterocycles. The first-order chi connectivity index (χ1) is 13.5. The van der Waals surface area contributed by atoms with Gasteiger partial charge < -0.3 is 15.4 Å². The van der Waals surface area contributed by atoms with Crippen LogP contribution in [0.4, 0.5) is 5.82 Å². The summed E-state index contributed by atoms with van der Waals surface area (Å²) < 4.78 is 5.19. The van der Waals surface area contributed by atoms with E-state index < -0.39 is 0 Å². The van der Waals surface area contributed by atoms with Crippen molar-refractivity contribution in [2.45, 2.75) is 39.7 Å². The van der Waals surface area contributed by atoms with Gasteiger partial charge >= 0.3 is 0 Å². The first-order valence-electron chi connectivity index (χ1n) is 9.45. The van der Waals surface area contributed by atoms with E-state index in [1.54, 1.807) is 13.4 Å². The molecular weight excluding hydrogens is 372 g/mol. The first kappa shape index (κ1) is 20.1. The molecule has 1 atom stereocenters. The Morgan fingerprint density at radius 2 is 2.00 bits per heavy atom. The number of nitrogens with zero attached hydrogens (tertiary/aromatic N) is 2. The molecule has 2 aromatic heterocycles. The second-order valence-electron chi connectivity index (χ2n) is 6.77. The Bertz CT molecular complexity index is 953. The summed E-state index contributed by atoms with van der Waals surface area (Å²) >= 11 is 1.42. The van der Waals surface area contributed by atoms with Crippen LogP contribution in [0.1, 0.15) is 41.1 Å². The van der Waals surface area contributed by atoms with Crippen molar-refractivity contribution in [3.05, 3.63) is 46.6 Å². The molecule has 0 unspecified atom stereocenters. The minimum absolute atomic E-state index is 0.0426. The van der Waals surface area contributed by atoms with Crippen LogP contribution in [0.5, 0.6) is 5.75 Å². The van der Waals surface area contributed by atoms with Crippen molar-refractivity contribution in [3.63, 3.8) is 0 Å². The van der Waals surface area contributed by atoms with E-state index in [2.05, 4.69) is 39.7 Å². The van der Waals surface area contributed by atoms with E-state index in [-0.39, 0.29) is 11.9 Å². The number of carbonyl (C=O) groups is 1. The fraction of sp³-hybridized carbons (Fsp3) is 0.381. The van der Waals surface area contributed by atoms with Gasteiger partial charge in [0.1, 0.15) is 22.7 Å². The normalized spacial score (nSPS) is 12.0. The lowest BCUT2D eigenvalue weighted by Gasteiger charge is -2.10. The summed E-state index contributed by atoms with van der Waals surface area (Å²) in [6.45, 7) is 6.76. The fourth-order valence-electron chi connectivity index (χ4n) is 2.93. The summed E-state index contributed by atoms with van der Waals surface area (Å²) in [6, 6.07) is 8.18. The number of carbonyl (C=O) groups excluding carboxylic acids is 1. The SMILES string of the molecule is CC[C@H](C)NC(=O)c1sc2ncnc(NCCc3ccc(OC)cc3)c2c1C. The molecule has 2 N–H and O–H groups in total. The number of fused-ring (bicyclic) bond motifs is 1. The quantitative estimate of drug-likeness (QED) is 0.595. The second kappa shape index (κ2) is 9.01. The molecule has 148 valence electrons. The fourth-order valence-corrected chi connectivity index (χ4v) is 3.98. The monoisotopic (exact) mass is 398 g/mol. The lowest BCUT2D eigenvalue weighted by molar-refractivity contribution is 0.0943. The molecule has 0 aliphatic carbocycles. The number of benzene rings is 1. The summed E-state index contributed by atoms with van der Waals surface area (Å²) in [7, 11) is 1.66. The average molecular weight is 399 g/mol. The molecule has 0 aliphatic rings. The van der Waals surface area contributed by atoms with Gasteiger partial charge in [-0.25, -0.2) is 9.97 Å². The number of aromatic nitrogens is 2. The van der Waals surface area contributed by atoms with Crippen molar-refractivity contribution < 1.29 is 9.53 Å². The van der Waals surface area contributed by atoms with Gasteiger partial charge in [-0.3, -0.25) is 4.79 Å². The number of thiophene rings is 1. The van der Waals surface area contributed by atoms with Gasteiger partial charge in [0.15, 0.2) is 0 Å². The molecule has 0 radical (unpaired) electrons. The largest absolute Gasteiger partial charge is 0.497 e. The third kappa shape index (κ3) is 4.42. The van der Waals surface area contributed by atoms with Gasteiger partial charge in [0.2, 0.25) is 0 Å². The number of rotatable bonds is 8. The summed E-state index contributed by atoms with van der Waals surface area (Å²) in [5.41, 5.74) is 2.14. The van der Waals surface area contributed by atoms with Crippen molar-refractivity contribution in [1.29, 1.82) is 0 Å². The number of anilines is 1. The molecule has 0 spiro atoms. The second-order valence-corrected chi connectivity index (χ2v) is 7.77. The van der Waals surface area contributed by atoms with Gasteiger partial charge in [-0.2, -0.15) is 0 Å². The number of amides is 1. The number of ether oxygens (including phenoxy) is 1. The Kier molecular flexibility index (Phi) is 6.46. The Morgan fingerprint density at radius 3 is 2.68 bits per heavy atom. The van der Waals surface area contributed by atoms with Crippen molar-refractivity contribution >= 4 is 33.3 Å². The Morgan fingerprint density at radius 1 is 1.25 bits per heavy atom. The number of methoxy groups -OCH3 is 1. The zero-order valence-electron chi connectivity index (χ0n) is 16.7. The molecule has 28 heavy (non-hydrogen) atoms. The molecule has 3 aromatic rings. The van der Waals surface area contributed by atoms with Gasteiger partial charge in [0, 0.05) is 12.6 Å². The Hall–Kier alpha value is -2.67. The minimum Gasteiger partial charge on any atom is -0.497 e. The van der Waals surface area contributed by atoms with Crippen molar-refractivity contribution in [1.82, 2.24) is 15.3 Å². The molecule has 6 nitrogen and oxygen atoms in total. The number of hydrogen-bond donors (Lipinski definition) is 2. The van der Waals surface area contributed by atoms with Crippen LogP contribution in [0.25, 0.3) is 10.2 Å². The lowest BCUT2D eigenvalue weighted by Crippen LogP contribution is -2.31. The zero-order valence-corrected chi connectivity index (χ0v) is 17.5. The van der Waals surface area contributed by atoms with E-state index in [9.17, 15) is 4.79 Å². The third-order valence-corrected chi connectivity index (χ3v) is 5.99. The maximum absolute atomic E-state index is 12.6. The highest BCUT2D eigenvalue weighted by Gasteiger charge is 2.20. The van der Waals surface area contributed by atoms with Gasteiger partial charge in [-0.05, 0) is 49.9 Å². The van der Waals surface area contributed by atoms with Crippen LogP contribution >= 0.6 is 11.3 Å². The average Bonchev–Trinajstić information content (AvgIpc) is 3.06. The molecule has 7 heteroatoms. The van der Waals surface area contributed by atoms with Crippen LogP contribution in [0, 0.1) is 6.92 Å². The smallest absolute Gasteiger partial charge is 0.261 e. The predicted molar refractivity (Wildman–Crippen MR) is 115 cm³/mol. The highest BCUT2D eigenvalue weighted by atomic mass is 32.1. The molecule has 1 amide bonds.